The van der Waals surface area contributed by atoms with Crippen molar-refractivity contribution >= 4 is 33.3 Å². The van der Waals surface area contributed by atoms with Crippen LogP contribution in [0.15, 0.2) is 42.0 Å². The molecule has 1 aliphatic rings. The van der Waals surface area contributed by atoms with Crippen molar-refractivity contribution in [1.29, 1.82) is 0 Å². The van der Waals surface area contributed by atoms with Gasteiger partial charge in [0, 0.05) is 48.0 Å². The lowest BCUT2D eigenvalue weighted by atomic mass is 10.0. The lowest BCUT2D eigenvalue weighted by Gasteiger charge is -2.32. The summed E-state index contributed by atoms with van der Waals surface area (Å²) >= 11 is 1.67. The molecule has 0 radical (unpaired) electrons. The largest absolute Gasteiger partial charge is 0.361 e. The molecule has 0 bridgehead atoms. The Hall–Kier alpha value is -2.34. The molecule has 0 saturated carbocycles. The molecule has 1 aromatic carbocycles. The van der Waals surface area contributed by atoms with E-state index in [9.17, 15) is 4.79 Å². The molecule has 23 heavy (non-hydrogen) atoms. The van der Waals surface area contributed by atoms with Crippen LogP contribution >= 0.6 is 11.3 Å². The first-order valence-corrected chi connectivity index (χ1v) is 8.70. The van der Waals surface area contributed by atoms with E-state index in [0.717, 1.165) is 42.0 Å². The number of hydrogen-bond acceptors (Lipinski definition) is 4. The van der Waals surface area contributed by atoms with Crippen LogP contribution < -0.4 is 10.2 Å². The summed E-state index contributed by atoms with van der Waals surface area (Å²) in [6.45, 7) is 1.88. The van der Waals surface area contributed by atoms with Gasteiger partial charge in [-0.15, -0.1) is 11.3 Å². The van der Waals surface area contributed by atoms with Crippen molar-refractivity contribution in [1.82, 2.24) is 15.3 Å². The van der Waals surface area contributed by atoms with E-state index in [1.54, 1.807) is 11.3 Å². The van der Waals surface area contributed by atoms with Gasteiger partial charge >= 0.3 is 0 Å². The maximum atomic E-state index is 12.4. The monoisotopic (exact) mass is 326 g/mol. The Balaban J connectivity index is 1.37. The Labute approximate surface area is 138 Å². The predicted octanol–water partition coefficient (Wildman–Crippen LogP) is 3.02. The van der Waals surface area contributed by atoms with E-state index in [-0.39, 0.29) is 11.9 Å². The summed E-state index contributed by atoms with van der Waals surface area (Å²) in [4.78, 5) is 22.2. The summed E-state index contributed by atoms with van der Waals surface area (Å²) in [5, 5.41) is 7.36. The van der Waals surface area contributed by atoms with E-state index in [4.69, 9.17) is 0 Å². The summed E-state index contributed by atoms with van der Waals surface area (Å²) in [6.07, 6.45) is 5.64. The highest BCUT2D eigenvalue weighted by Crippen LogP contribution is 2.22. The average Bonchev–Trinajstić information content (AvgIpc) is 3.26. The molecule has 0 unspecified atom stereocenters. The van der Waals surface area contributed by atoms with Gasteiger partial charge in [0.1, 0.15) is 0 Å². The molecule has 3 aromatic rings. The molecule has 118 valence electrons. The summed E-state index contributed by atoms with van der Waals surface area (Å²) < 4.78 is 0. The second-order valence-corrected chi connectivity index (χ2v) is 6.70. The van der Waals surface area contributed by atoms with Crippen LogP contribution in [0.2, 0.25) is 0 Å². The molecule has 1 fully saturated rings. The van der Waals surface area contributed by atoms with E-state index < -0.39 is 0 Å². The zero-order chi connectivity index (χ0) is 15.6. The highest BCUT2D eigenvalue weighted by Gasteiger charge is 2.22. The Morgan fingerprint density at radius 2 is 2.17 bits per heavy atom. The van der Waals surface area contributed by atoms with E-state index in [0.29, 0.717) is 5.56 Å². The standard InChI is InChI=1S/C17H18N4OS/c22-16(13-2-1-12-3-6-18-15(12)11-13)20-14-4-8-21(9-5-14)17-19-7-10-23-17/h1-3,6-7,10-11,14,18H,4-5,8-9H2,(H,20,22). The van der Waals surface area contributed by atoms with Gasteiger partial charge < -0.3 is 15.2 Å². The zero-order valence-electron chi connectivity index (χ0n) is 12.7. The van der Waals surface area contributed by atoms with Crippen LogP contribution in [-0.4, -0.2) is 35.0 Å². The third-order valence-electron chi connectivity index (χ3n) is 4.34. The number of nitrogens with zero attached hydrogens (tertiary/aromatic N) is 2. The molecule has 0 aliphatic carbocycles. The second kappa shape index (κ2) is 6.04. The van der Waals surface area contributed by atoms with Crippen molar-refractivity contribution in [2.24, 2.45) is 0 Å². The van der Waals surface area contributed by atoms with Gasteiger partial charge in [-0.25, -0.2) is 4.98 Å². The topological polar surface area (TPSA) is 61.0 Å². The quantitative estimate of drug-likeness (QED) is 0.778. The van der Waals surface area contributed by atoms with Crippen LogP contribution in [0.4, 0.5) is 5.13 Å². The number of H-pyrrole nitrogens is 1. The van der Waals surface area contributed by atoms with Crippen molar-refractivity contribution in [2.75, 3.05) is 18.0 Å². The lowest BCUT2D eigenvalue weighted by molar-refractivity contribution is 0.0931. The molecule has 2 N–H and O–H groups in total. The number of carbonyl (C=O) groups excluding carboxylic acids is 1. The first kappa shape index (κ1) is 14.3. The number of hydrogen-bond donors (Lipinski definition) is 2. The van der Waals surface area contributed by atoms with Crippen molar-refractivity contribution in [3.63, 3.8) is 0 Å². The number of piperidine rings is 1. The van der Waals surface area contributed by atoms with Crippen LogP contribution in [0, 0.1) is 0 Å². The normalized spacial score (nSPS) is 15.9. The number of carbonyl (C=O) groups is 1. The third-order valence-corrected chi connectivity index (χ3v) is 5.17. The fraction of sp³-hybridized carbons (Fsp3) is 0.294. The van der Waals surface area contributed by atoms with Crippen LogP contribution in [0.25, 0.3) is 10.9 Å². The molecule has 1 saturated heterocycles. The minimum atomic E-state index is 0.00852. The van der Waals surface area contributed by atoms with Gasteiger partial charge in [-0.2, -0.15) is 0 Å². The minimum absolute atomic E-state index is 0.00852. The van der Waals surface area contributed by atoms with Crippen molar-refractivity contribution in [3.8, 4) is 0 Å². The Morgan fingerprint density at radius 1 is 1.30 bits per heavy atom. The van der Waals surface area contributed by atoms with E-state index in [1.165, 1.54) is 0 Å². The number of rotatable bonds is 3. The van der Waals surface area contributed by atoms with Crippen LogP contribution in [0.3, 0.4) is 0 Å². The molecule has 4 rings (SSSR count). The average molecular weight is 326 g/mol. The molecule has 3 heterocycles. The van der Waals surface area contributed by atoms with Crippen molar-refractivity contribution in [2.45, 2.75) is 18.9 Å². The van der Waals surface area contributed by atoms with Gasteiger partial charge in [0.15, 0.2) is 5.13 Å². The maximum absolute atomic E-state index is 12.4. The van der Waals surface area contributed by atoms with Gasteiger partial charge in [0.25, 0.3) is 5.91 Å². The van der Waals surface area contributed by atoms with Crippen LogP contribution in [0.5, 0.6) is 0 Å². The number of aromatic nitrogens is 2. The van der Waals surface area contributed by atoms with Gasteiger partial charge in [-0.1, -0.05) is 6.07 Å². The molecule has 0 atom stereocenters. The van der Waals surface area contributed by atoms with Crippen molar-refractivity contribution < 1.29 is 4.79 Å². The molecule has 1 amide bonds. The van der Waals surface area contributed by atoms with Gasteiger partial charge in [-0.3, -0.25) is 4.79 Å². The summed E-state index contributed by atoms with van der Waals surface area (Å²) in [5.41, 5.74) is 1.71. The first-order valence-electron chi connectivity index (χ1n) is 7.82. The summed E-state index contributed by atoms with van der Waals surface area (Å²) in [6, 6.07) is 8.01. The van der Waals surface area contributed by atoms with Crippen LogP contribution in [-0.2, 0) is 0 Å². The molecular weight excluding hydrogens is 308 g/mol. The fourth-order valence-corrected chi connectivity index (χ4v) is 3.74. The third kappa shape index (κ3) is 2.94. The zero-order valence-corrected chi connectivity index (χ0v) is 13.5. The Kier molecular flexibility index (Phi) is 3.75. The fourth-order valence-electron chi connectivity index (χ4n) is 3.05. The SMILES string of the molecule is O=C(NC1CCN(c2nccs2)CC1)c1ccc2cc[nH]c2c1. The van der Waals surface area contributed by atoms with E-state index in [2.05, 4.69) is 20.2 Å². The van der Waals surface area contributed by atoms with Gasteiger partial charge in [-0.05, 0) is 36.4 Å². The van der Waals surface area contributed by atoms with E-state index in [1.807, 2.05) is 42.0 Å². The number of amides is 1. The highest BCUT2D eigenvalue weighted by molar-refractivity contribution is 7.13. The smallest absolute Gasteiger partial charge is 0.251 e. The molecule has 2 aromatic heterocycles. The van der Waals surface area contributed by atoms with Crippen molar-refractivity contribution in [3.05, 3.63) is 47.6 Å². The number of nitrogens with one attached hydrogen (secondary N) is 2. The number of anilines is 1. The highest BCUT2D eigenvalue weighted by atomic mass is 32.1. The number of thiazole rings is 1. The summed E-state index contributed by atoms with van der Waals surface area (Å²) in [7, 11) is 0. The van der Waals surface area contributed by atoms with Gasteiger partial charge in [0.2, 0.25) is 0 Å². The molecule has 0 spiro atoms. The lowest BCUT2D eigenvalue weighted by Crippen LogP contribution is -2.44. The molecule has 5 nitrogen and oxygen atoms in total. The Bertz CT molecular complexity index is 803. The molecular formula is C17H18N4OS. The molecule has 1 aliphatic heterocycles. The summed E-state index contributed by atoms with van der Waals surface area (Å²) in [5.74, 6) is 0.00852. The Morgan fingerprint density at radius 3 is 2.96 bits per heavy atom. The first-order chi connectivity index (χ1) is 11.3. The second-order valence-electron chi connectivity index (χ2n) is 5.83. The number of benzene rings is 1. The van der Waals surface area contributed by atoms with Gasteiger partial charge in [0.05, 0.1) is 0 Å². The predicted molar refractivity (Wildman–Crippen MR) is 93.1 cm³/mol. The number of aromatic amines is 1. The maximum Gasteiger partial charge on any atom is 0.251 e. The van der Waals surface area contributed by atoms with Crippen LogP contribution in [0.1, 0.15) is 23.2 Å². The minimum Gasteiger partial charge on any atom is -0.361 e. The molecule has 6 heteroatoms. The number of fused-ring (bicyclic) bond motifs is 1. The van der Waals surface area contributed by atoms with E-state index >= 15 is 0 Å².